The van der Waals surface area contributed by atoms with E-state index in [4.69, 9.17) is 0 Å². The van der Waals surface area contributed by atoms with Gasteiger partial charge >= 0.3 is 6.18 Å². The average Bonchev–Trinajstić information content (AvgIpc) is 2.13. The molecule has 0 bridgehead atoms. The van der Waals surface area contributed by atoms with Crippen LogP contribution >= 0.6 is 0 Å². The molecular formula is C10H8F4N2O. The Balaban J connectivity index is 2.34. The summed E-state index contributed by atoms with van der Waals surface area (Å²) in [6.07, 6.45) is -4.41. The second kappa shape index (κ2) is 3.90. The number of amides is 1. The van der Waals surface area contributed by atoms with Crippen LogP contribution in [0.2, 0.25) is 0 Å². The summed E-state index contributed by atoms with van der Waals surface area (Å²) in [5.74, 6) is -1.20. The first kappa shape index (κ1) is 11.7. The molecule has 0 aliphatic carbocycles. The van der Waals surface area contributed by atoms with Crippen LogP contribution in [0.15, 0.2) is 18.2 Å². The van der Waals surface area contributed by atoms with E-state index in [0.29, 0.717) is 0 Å². The van der Waals surface area contributed by atoms with Gasteiger partial charge in [-0.3, -0.25) is 4.79 Å². The molecule has 0 radical (unpaired) electrons. The summed E-state index contributed by atoms with van der Waals surface area (Å²) >= 11 is 0. The Morgan fingerprint density at radius 1 is 1.35 bits per heavy atom. The van der Waals surface area contributed by atoms with Crippen molar-refractivity contribution < 1.29 is 22.4 Å². The van der Waals surface area contributed by atoms with E-state index in [0.717, 1.165) is 17.0 Å². The van der Waals surface area contributed by atoms with Crippen molar-refractivity contribution in [1.82, 2.24) is 0 Å². The predicted molar refractivity (Wildman–Crippen MR) is 53.3 cm³/mol. The highest BCUT2D eigenvalue weighted by Gasteiger charge is 2.34. The molecule has 0 fully saturated rings. The van der Waals surface area contributed by atoms with Gasteiger partial charge in [0.05, 0.1) is 17.9 Å². The normalized spacial score (nSPS) is 15.5. The van der Waals surface area contributed by atoms with Gasteiger partial charge in [0.2, 0.25) is 5.91 Å². The van der Waals surface area contributed by atoms with Gasteiger partial charge < -0.3 is 10.2 Å². The largest absolute Gasteiger partial charge is 0.405 e. The Morgan fingerprint density at radius 2 is 2.06 bits per heavy atom. The molecule has 1 aliphatic heterocycles. The van der Waals surface area contributed by atoms with Gasteiger partial charge in [-0.05, 0) is 18.2 Å². The van der Waals surface area contributed by atoms with E-state index >= 15 is 0 Å². The molecule has 2 rings (SSSR count). The molecule has 3 nitrogen and oxygen atoms in total. The number of nitrogens with one attached hydrogen (secondary N) is 1. The molecule has 0 aromatic heterocycles. The fourth-order valence-electron chi connectivity index (χ4n) is 1.69. The van der Waals surface area contributed by atoms with Gasteiger partial charge in [-0.1, -0.05) is 0 Å². The summed E-state index contributed by atoms with van der Waals surface area (Å²) in [7, 11) is 0. The van der Waals surface area contributed by atoms with Gasteiger partial charge in [-0.25, -0.2) is 4.39 Å². The zero-order valence-corrected chi connectivity index (χ0v) is 8.51. The van der Waals surface area contributed by atoms with Crippen LogP contribution in [-0.2, 0) is 4.79 Å². The highest BCUT2D eigenvalue weighted by Crippen LogP contribution is 2.32. The van der Waals surface area contributed by atoms with E-state index in [1.165, 1.54) is 6.07 Å². The molecule has 0 spiro atoms. The van der Waals surface area contributed by atoms with E-state index < -0.39 is 31.0 Å². The molecule has 1 amide bonds. The van der Waals surface area contributed by atoms with Crippen molar-refractivity contribution in [3.63, 3.8) is 0 Å². The number of anilines is 2. The molecule has 0 unspecified atom stereocenters. The van der Waals surface area contributed by atoms with Crippen LogP contribution in [0.5, 0.6) is 0 Å². The van der Waals surface area contributed by atoms with Crippen molar-refractivity contribution in [3.8, 4) is 0 Å². The Kier molecular flexibility index (Phi) is 2.68. The second-order valence-corrected chi connectivity index (χ2v) is 3.68. The fraction of sp³-hybridized carbons (Fsp3) is 0.300. The minimum absolute atomic E-state index is 0.0606. The van der Waals surface area contributed by atoms with E-state index in [2.05, 4.69) is 5.32 Å². The van der Waals surface area contributed by atoms with Crippen LogP contribution < -0.4 is 10.2 Å². The SMILES string of the molecule is O=C1CN(CC(F)(F)F)c2ccc(F)cc2N1. The molecule has 1 heterocycles. The lowest BCUT2D eigenvalue weighted by Crippen LogP contribution is -2.43. The van der Waals surface area contributed by atoms with Crippen LogP contribution in [0.1, 0.15) is 0 Å². The molecule has 0 atom stereocenters. The molecular weight excluding hydrogens is 240 g/mol. The lowest BCUT2D eigenvalue weighted by molar-refractivity contribution is -0.122. The van der Waals surface area contributed by atoms with Crippen molar-refractivity contribution >= 4 is 17.3 Å². The summed E-state index contributed by atoms with van der Waals surface area (Å²) in [4.78, 5) is 12.1. The number of benzene rings is 1. The van der Waals surface area contributed by atoms with E-state index in [9.17, 15) is 22.4 Å². The number of halogens is 4. The molecule has 1 aromatic carbocycles. The predicted octanol–water partition coefficient (Wildman–Crippen LogP) is 2.15. The second-order valence-electron chi connectivity index (χ2n) is 3.68. The highest BCUT2D eigenvalue weighted by atomic mass is 19.4. The van der Waals surface area contributed by atoms with Crippen LogP contribution in [-0.4, -0.2) is 25.2 Å². The summed E-state index contributed by atoms with van der Waals surface area (Å²) in [5, 5.41) is 2.33. The number of alkyl halides is 3. The van der Waals surface area contributed by atoms with Gasteiger partial charge in [-0.2, -0.15) is 13.2 Å². The smallest absolute Gasteiger partial charge is 0.351 e. The van der Waals surface area contributed by atoms with Gasteiger partial charge in [0.25, 0.3) is 0 Å². The molecule has 1 aromatic rings. The van der Waals surface area contributed by atoms with Crippen molar-refractivity contribution in [3.05, 3.63) is 24.0 Å². The molecule has 1 N–H and O–H groups in total. The lowest BCUT2D eigenvalue weighted by Gasteiger charge is -2.31. The van der Waals surface area contributed by atoms with E-state index in [-0.39, 0.29) is 11.4 Å². The average molecular weight is 248 g/mol. The van der Waals surface area contributed by atoms with Gasteiger partial charge in [0, 0.05) is 0 Å². The summed E-state index contributed by atoms with van der Waals surface area (Å²) in [5.41, 5.74) is 0.230. The third-order valence-corrected chi connectivity index (χ3v) is 2.28. The van der Waals surface area contributed by atoms with Crippen LogP contribution in [0.4, 0.5) is 28.9 Å². The van der Waals surface area contributed by atoms with E-state index in [1.807, 2.05) is 0 Å². The maximum atomic E-state index is 12.9. The zero-order chi connectivity index (χ0) is 12.6. The summed E-state index contributed by atoms with van der Waals surface area (Å²) < 4.78 is 49.8. The van der Waals surface area contributed by atoms with Crippen LogP contribution in [0.25, 0.3) is 0 Å². The Labute approximate surface area is 94.0 Å². The van der Waals surface area contributed by atoms with Gasteiger partial charge in [0.15, 0.2) is 0 Å². The molecule has 0 saturated heterocycles. The number of hydrogen-bond acceptors (Lipinski definition) is 2. The molecule has 0 saturated carbocycles. The third kappa shape index (κ3) is 2.66. The van der Waals surface area contributed by atoms with Crippen molar-refractivity contribution in [2.45, 2.75) is 6.18 Å². The topological polar surface area (TPSA) is 32.3 Å². The van der Waals surface area contributed by atoms with Crippen molar-refractivity contribution in [2.24, 2.45) is 0 Å². The van der Waals surface area contributed by atoms with Gasteiger partial charge in [0.1, 0.15) is 12.4 Å². The fourth-order valence-corrected chi connectivity index (χ4v) is 1.69. The Morgan fingerprint density at radius 3 is 2.71 bits per heavy atom. The van der Waals surface area contributed by atoms with Gasteiger partial charge in [-0.15, -0.1) is 0 Å². The van der Waals surface area contributed by atoms with Crippen molar-refractivity contribution in [1.29, 1.82) is 0 Å². The van der Waals surface area contributed by atoms with Crippen molar-refractivity contribution in [2.75, 3.05) is 23.3 Å². The Hall–Kier alpha value is -1.79. The maximum Gasteiger partial charge on any atom is 0.405 e. The first-order valence-corrected chi connectivity index (χ1v) is 4.76. The monoisotopic (exact) mass is 248 g/mol. The number of carbonyl (C=O) groups excluding carboxylic acids is 1. The quantitative estimate of drug-likeness (QED) is 0.772. The van der Waals surface area contributed by atoms with E-state index in [1.54, 1.807) is 0 Å². The van der Waals surface area contributed by atoms with Crippen LogP contribution in [0.3, 0.4) is 0 Å². The standard InChI is InChI=1S/C10H8F4N2O/c11-6-1-2-8-7(3-6)15-9(17)4-16(8)5-10(12,13)14/h1-3H,4-5H2,(H,15,17). The number of rotatable bonds is 1. The third-order valence-electron chi connectivity index (χ3n) is 2.28. The number of hydrogen-bond donors (Lipinski definition) is 1. The molecule has 1 aliphatic rings. The number of carbonyl (C=O) groups is 1. The number of nitrogens with zero attached hydrogens (tertiary/aromatic N) is 1. The first-order valence-electron chi connectivity index (χ1n) is 4.76. The highest BCUT2D eigenvalue weighted by molar-refractivity contribution is 6.01. The minimum Gasteiger partial charge on any atom is -0.351 e. The molecule has 7 heteroatoms. The molecule has 17 heavy (non-hydrogen) atoms. The van der Waals surface area contributed by atoms with Crippen LogP contribution in [0, 0.1) is 5.82 Å². The summed E-state index contributed by atoms with van der Waals surface area (Å²) in [6, 6.07) is 3.27. The minimum atomic E-state index is -4.41. The molecule has 92 valence electrons. The number of fused-ring (bicyclic) bond motifs is 1. The zero-order valence-electron chi connectivity index (χ0n) is 8.51. The Bertz CT molecular complexity index is 458. The maximum absolute atomic E-state index is 12.9. The first-order chi connectivity index (χ1) is 7.85. The summed E-state index contributed by atoms with van der Waals surface area (Å²) in [6.45, 7) is -1.63. The lowest BCUT2D eigenvalue weighted by atomic mass is 10.2.